The minimum atomic E-state index is -0.816. The van der Waals surface area contributed by atoms with Gasteiger partial charge in [-0.3, -0.25) is 24.3 Å². The van der Waals surface area contributed by atoms with Gasteiger partial charge in [-0.15, -0.1) is 0 Å². The van der Waals surface area contributed by atoms with Gasteiger partial charge in [-0.2, -0.15) is 0 Å². The summed E-state index contributed by atoms with van der Waals surface area (Å²) < 4.78 is 19.0. The van der Waals surface area contributed by atoms with Crippen molar-refractivity contribution in [3.05, 3.63) is 107 Å². The number of nitro groups is 1. The number of carbonyl (C=O) groups excluding carboxylic acids is 1. The average molecular weight is 603 g/mol. The van der Waals surface area contributed by atoms with Crippen molar-refractivity contribution in [1.82, 2.24) is 9.47 Å². The van der Waals surface area contributed by atoms with E-state index in [9.17, 15) is 19.7 Å². The van der Waals surface area contributed by atoms with Crippen LogP contribution in [0.1, 0.15) is 38.1 Å². The molecule has 2 aromatic heterocycles. The van der Waals surface area contributed by atoms with E-state index in [-0.39, 0.29) is 17.2 Å². The van der Waals surface area contributed by atoms with E-state index < -0.39 is 11.0 Å². The first-order valence-electron chi connectivity index (χ1n) is 13.6. The maximum Gasteiger partial charge on any atom is 0.271 e. The fraction of sp³-hybridized carbons (Fsp3) is 0.258. The summed E-state index contributed by atoms with van der Waals surface area (Å²) in [5.74, 6) is 1.75. The molecule has 4 aromatic rings. The Morgan fingerprint density at radius 2 is 1.84 bits per heavy atom. The van der Waals surface area contributed by atoms with Gasteiger partial charge in [0.25, 0.3) is 17.2 Å². The van der Waals surface area contributed by atoms with Crippen molar-refractivity contribution in [1.29, 1.82) is 0 Å². The SMILES string of the molecule is CCN(CC)C(=O)C1=C(C)N=c2s/c(=C/c3ccc(-c4ccc([N+](=O)[O-])cc4)o3)c(=O)n2[C@@H]1c1cc(OC)ccc1OC. The van der Waals surface area contributed by atoms with E-state index in [0.717, 1.165) is 0 Å². The predicted octanol–water partition coefficient (Wildman–Crippen LogP) is 4.29. The smallest absolute Gasteiger partial charge is 0.271 e. The molecule has 222 valence electrons. The van der Waals surface area contributed by atoms with Crippen LogP contribution in [0.25, 0.3) is 17.4 Å². The summed E-state index contributed by atoms with van der Waals surface area (Å²) in [6.45, 7) is 6.57. The molecule has 1 aliphatic heterocycles. The minimum Gasteiger partial charge on any atom is -0.497 e. The minimum absolute atomic E-state index is 0.0204. The number of hydrogen-bond donors (Lipinski definition) is 0. The van der Waals surface area contributed by atoms with Gasteiger partial charge < -0.3 is 18.8 Å². The molecule has 12 heteroatoms. The van der Waals surface area contributed by atoms with Crippen LogP contribution in [0.5, 0.6) is 11.5 Å². The molecular weight excluding hydrogens is 572 g/mol. The van der Waals surface area contributed by atoms with Crippen molar-refractivity contribution in [2.24, 2.45) is 4.99 Å². The van der Waals surface area contributed by atoms with Gasteiger partial charge in [-0.05, 0) is 63.2 Å². The molecule has 5 rings (SSSR count). The van der Waals surface area contributed by atoms with Crippen LogP contribution in [0.2, 0.25) is 0 Å². The van der Waals surface area contributed by atoms with Crippen LogP contribution in [0.4, 0.5) is 5.69 Å². The van der Waals surface area contributed by atoms with Gasteiger partial charge in [0.2, 0.25) is 0 Å². The highest BCUT2D eigenvalue weighted by molar-refractivity contribution is 7.07. The second-order valence-electron chi connectivity index (χ2n) is 9.67. The topological polar surface area (TPSA) is 129 Å². The molecule has 43 heavy (non-hydrogen) atoms. The maximum absolute atomic E-state index is 14.1. The number of amides is 1. The number of likely N-dealkylation sites (N-methyl/N-ethyl adjacent to an activating group) is 1. The normalized spacial score (nSPS) is 14.7. The van der Waals surface area contributed by atoms with Crippen LogP contribution in [0.3, 0.4) is 0 Å². The number of thiazole rings is 1. The maximum atomic E-state index is 14.1. The first-order chi connectivity index (χ1) is 20.7. The highest BCUT2D eigenvalue weighted by Crippen LogP contribution is 2.38. The molecular formula is C31H30N4O7S. The Balaban J connectivity index is 1.66. The van der Waals surface area contributed by atoms with Gasteiger partial charge in [0.05, 0.1) is 34.9 Å². The highest BCUT2D eigenvalue weighted by Gasteiger charge is 2.36. The van der Waals surface area contributed by atoms with Crippen LogP contribution in [-0.4, -0.2) is 47.6 Å². The molecule has 0 aliphatic carbocycles. The van der Waals surface area contributed by atoms with Crippen molar-refractivity contribution in [2.75, 3.05) is 27.3 Å². The van der Waals surface area contributed by atoms with E-state index in [1.165, 1.54) is 35.1 Å². The van der Waals surface area contributed by atoms with Gasteiger partial charge in [-0.1, -0.05) is 11.3 Å². The molecule has 0 saturated heterocycles. The molecule has 0 radical (unpaired) electrons. The number of nitro benzene ring substituents is 1. The number of ether oxygens (including phenoxy) is 2. The number of fused-ring (bicyclic) bond motifs is 1. The lowest BCUT2D eigenvalue weighted by Crippen LogP contribution is -2.43. The first kappa shape index (κ1) is 29.5. The van der Waals surface area contributed by atoms with Crippen LogP contribution in [0, 0.1) is 10.1 Å². The van der Waals surface area contributed by atoms with Crippen LogP contribution >= 0.6 is 11.3 Å². The molecule has 1 amide bonds. The van der Waals surface area contributed by atoms with E-state index in [0.29, 0.717) is 67.8 Å². The fourth-order valence-corrected chi connectivity index (χ4v) is 6.11. The van der Waals surface area contributed by atoms with Crippen molar-refractivity contribution < 1.29 is 23.6 Å². The molecule has 0 N–H and O–H groups in total. The summed E-state index contributed by atoms with van der Waals surface area (Å²) in [6.07, 6.45) is 1.63. The molecule has 1 aliphatic rings. The number of non-ortho nitro benzene ring substituents is 1. The summed E-state index contributed by atoms with van der Waals surface area (Å²) in [6, 6.07) is 13.9. The van der Waals surface area contributed by atoms with Gasteiger partial charge in [0, 0.05) is 42.4 Å². The number of aromatic nitrogens is 1. The lowest BCUT2D eigenvalue weighted by atomic mass is 9.93. The summed E-state index contributed by atoms with van der Waals surface area (Å²) >= 11 is 1.19. The predicted molar refractivity (Wildman–Crippen MR) is 162 cm³/mol. The van der Waals surface area contributed by atoms with Crippen molar-refractivity contribution in [2.45, 2.75) is 26.8 Å². The summed E-state index contributed by atoms with van der Waals surface area (Å²) in [5.41, 5.74) is 1.78. The van der Waals surface area contributed by atoms with E-state index in [4.69, 9.17) is 18.9 Å². The fourth-order valence-electron chi connectivity index (χ4n) is 5.09. The van der Waals surface area contributed by atoms with E-state index in [1.54, 1.807) is 67.5 Å². The zero-order valence-electron chi connectivity index (χ0n) is 24.3. The number of carbonyl (C=O) groups is 1. The molecule has 0 bridgehead atoms. The number of nitrogens with zero attached hydrogens (tertiary/aromatic N) is 4. The number of benzene rings is 2. The Kier molecular flexibility index (Phi) is 8.31. The average Bonchev–Trinajstić information content (AvgIpc) is 3.60. The lowest BCUT2D eigenvalue weighted by molar-refractivity contribution is -0.384. The van der Waals surface area contributed by atoms with E-state index in [2.05, 4.69) is 0 Å². The Labute approximate surface area is 250 Å². The van der Waals surface area contributed by atoms with Gasteiger partial charge >= 0.3 is 0 Å². The summed E-state index contributed by atoms with van der Waals surface area (Å²) in [7, 11) is 3.09. The van der Waals surface area contributed by atoms with Crippen molar-refractivity contribution in [3.8, 4) is 22.8 Å². The summed E-state index contributed by atoms with van der Waals surface area (Å²) in [5, 5.41) is 11.0. The second-order valence-corrected chi connectivity index (χ2v) is 10.7. The molecule has 1 atom stereocenters. The number of allylic oxidation sites excluding steroid dienone is 1. The van der Waals surface area contributed by atoms with E-state index in [1.807, 2.05) is 13.8 Å². The zero-order valence-corrected chi connectivity index (χ0v) is 25.1. The summed E-state index contributed by atoms with van der Waals surface area (Å²) in [4.78, 5) is 45.3. The lowest BCUT2D eigenvalue weighted by Gasteiger charge is -2.30. The largest absolute Gasteiger partial charge is 0.497 e. The zero-order chi connectivity index (χ0) is 30.8. The van der Waals surface area contributed by atoms with Crippen LogP contribution < -0.4 is 24.4 Å². The first-order valence-corrected chi connectivity index (χ1v) is 14.4. The molecule has 0 saturated carbocycles. The number of furan rings is 1. The Bertz CT molecular complexity index is 1910. The number of methoxy groups -OCH3 is 2. The van der Waals surface area contributed by atoms with Crippen LogP contribution in [0.15, 0.2) is 80.1 Å². The Morgan fingerprint density at radius 1 is 1.12 bits per heavy atom. The number of rotatable bonds is 9. The Hall–Kier alpha value is -4.97. The third-order valence-corrected chi connectivity index (χ3v) is 8.28. The van der Waals surface area contributed by atoms with Gasteiger partial charge in [0.1, 0.15) is 29.1 Å². The molecule has 3 heterocycles. The van der Waals surface area contributed by atoms with Crippen molar-refractivity contribution in [3.63, 3.8) is 0 Å². The number of hydrogen-bond acceptors (Lipinski definition) is 9. The standard InChI is InChI=1S/C31H30N4O7S/c1-6-33(7-2)30(37)27-18(3)32-31-34(28(27)23-16-21(40-4)12-15-25(23)41-5)29(36)26(43-31)17-22-13-14-24(42-22)19-8-10-20(11-9-19)35(38)39/h8-17,28H,6-7H2,1-5H3/b26-17+/t28-/m1/s1. The van der Waals surface area contributed by atoms with Crippen LogP contribution in [-0.2, 0) is 4.79 Å². The second kappa shape index (κ2) is 12.1. The van der Waals surface area contributed by atoms with Crippen molar-refractivity contribution >= 4 is 29.0 Å². The highest BCUT2D eigenvalue weighted by atomic mass is 32.1. The van der Waals surface area contributed by atoms with E-state index >= 15 is 0 Å². The molecule has 0 spiro atoms. The monoisotopic (exact) mass is 602 g/mol. The molecule has 11 nitrogen and oxygen atoms in total. The van der Waals surface area contributed by atoms with Gasteiger partial charge in [0.15, 0.2) is 4.80 Å². The molecule has 0 fully saturated rings. The molecule has 2 aromatic carbocycles. The quantitative estimate of drug-likeness (QED) is 0.206. The molecule has 0 unspecified atom stereocenters. The Morgan fingerprint density at radius 3 is 2.47 bits per heavy atom. The third-order valence-electron chi connectivity index (χ3n) is 7.30. The van der Waals surface area contributed by atoms with Gasteiger partial charge in [-0.25, -0.2) is 4.99 Å². The third kappa shape index (κ3) is 5.48.